The summed E-state index contributed by atoms with van der Waals surface area (Å²) < 4.78 is 0. The number of aromatic nitrogens is 1. The van der Waals surface area contributed by atoms with Crippen molar-refractivity contribution in [2.45, 2.75) is 12.6 Å². The summed E-state index contributed by atoms with van der Waals surface area (Å²) in [4.78, 5) is 15.7. The minimum atomic E-state index is -0.0411. The Balaban J connectivity index is 1.79. The van der Waals surface area contributed by atoms with Crippen molar-refractivity contribution in [3.8, 4) is 0 Å². The lowest BCUT2D eigenvalue weighted by molar-refractivity contribution is -0.122. The first-order valence-electron chi connectivity index (χ1n) is 5.34. The maximum atomic E-state index is 11.8. The van der Waals surface area contributed by atoms with Crippen LogP contribution in [0.3, 0.4) is 0 Å². The van der Waals surface area contributed by atoms with Gasteiger partial charge in [0.1, 0.15) is 0 Å². The molecule has 16 heavy (non-hydrogen) atoms. The van der Waals surface area contributed by atoms with Crippen LogP contribution in [0.2, 0.25) is 0 Å². The second-order valence-electron chi connectivity index (χ2n) is 3.65. The fourth-order valence-corrected chi connectivity index (χ4v) is 2.48. The van der Waals surface area contributed by atoms with Crippen molar-refractivity contribution in [2.75, 3.05) is 18.1 Å². The smallest absolute Gasteiger partial charge is 0.238 e. The quantitative estimate of drug-likeness (QED) is 0.799. The van der Waals surface area contributed by atoms with Crippen LogP contribution in [0.15, 0.2) is 24.5 Å². The number of amides is 1. The molecule has 1 fully saturated rings. The van der Waals surface area contributed by atoms with Crippen molar-refractivity contribution >= 4 is 17.7 Å². The molecule has 1 unspecified atom stereocenters. The van der Waals surface area contributed by atoms with E-state index in [4.69, 9.17) is 0 Å². The van der Waals surface area contributed by atoms with Crippen LogP contribution < -0.4 is 10.6 Å². The molecule has 1 aliphatic heterocycles. The molecule has 86 valence electrons. The van der Waals surface area contributed by atoms with Crippen molar-refractivity contribution in [3.63, 3.8) is 0 Å². The summed E-state index contributed by atoms with van der Waals surface area (Å²) in [7, 11) is 0. The van der Waals surface area contributed by atoms with Crippen LogP contribution in [-0.4, -0.2) is 35.0 Å². The summed E-state index contributed by atoms with van der Waals surface area (Å²) in [5, 5.41) is 6.14. The van der Waals surface area contributed by atoms with Gasteiger partial charge >= 0.3 is 0 Å². The molecule has 1 amide bonds. The van der Waals surface area contributed by atoms with Crippen LogP contribution in [0.4, 0.5) is 0 Å². The van der Waals surface area contributed by atoms with Crippen molar-refractivity contribution in [3.05, 3.63) is 30.1 Å². The SMILES string of the molecule is O=C(NCc1ccncc1)C1CSCCN1. The van der Waals surface area contributed by atoms with Gasteiger partial charge < -0.3 is 10.6 Å². The topological polar surface area (TPSA) is 54.0 Å². The molecule has 1 aliphatic rings. The first-order chi connectivity index (χ1) is 7.86. The van der Waals surface area contributed by atoms with Crippen LogP contribution in [-0.2, 0) is 11.3 Å². The predicted molar refractivity (Wildman–Crippen MR) is 65.2 cm³/mol. The molecule has 1 saturated heterocycles. The van der Waals surface area contributed by atoms with Gasteiger partial charge in [0.15, 0.2) is 0 Å². The molecule has 0 aliphatic carbocycles. The molecule has 1 aromatic rings. The fourth-order valence-electron chi connectivity index (χ4n) is 1.55. The van der Waals surface area contributed by atoms with Gasteiger partial charge in [0, 0.05) is 37.0 Å². The van der Waals surface area contributed by atoms with Gasteiger partial charge in [0.2, 0.25) is 5.91 Å². The zero-order valence-corrected chi connectivity index (χ0v) is 9.80. The second-order valence-corrected chi connectivity index (χ2v) is 4.80. The lowest BCUT2D eigenvalue weighted by Gasteiger charge is -2.22. The highest BCUT2D eigenvalue weighted by Gasteiger charge is 2.20. The van der Waals surface area contributed by atoms with Crippen molar-refractivity contribution < 1.29 is 4.79 Å². The molecule has 2 rings (SSSR count). The Hall–Kier alpha value is -1.07. The number of hydrogen-bond donors (Lipinski definition) is 2. The van der Waals surface area contributed by atoms with Crippen LogP contribution in [0, 0.1) is 0 Å². The van der Waals surface area contributed by atoms with Gasteiger partial charge in [-0.1, -0.05) is 0 Å². The standard InChI is InChI=1S/C11H15N3OS/c15-11(10-8-16-6-5-13-10)14-7-9-1-3-12-4-2-9/h1-4,10,13H,5-8H2,(H,14,15). The van der Waals surface area contributed by atoms with Crippen molar-refractivity contribution in [1.82, 2.24) is 15.6 Å². The third kappa shape index (κ3) is 3.21. The molecular formula is C11H15N3OS. The first-order valence-corrected chi connectivity index (χ1v) is 6.49. The summed E-state index contributed by atoms with van der Waals surface area (Å²) in [5.74, 6) is 2.04. The number of rotatable bonds is 3. The Morgan fingerprint density at radius 3 is 3.06 bits per heavy atom. The molecule has 0 aromatic carbocycles. The van der Waals surface area contributed by atoms with E-state index >= 15 is 0 Å². The Bertz CT molecular complexity index is 338. The highest BCUT2D eigenvalue weighted by Crippen LogP contribution is 2.07. The molecule has 4 nitrogen and oxygen atoms in total. The average molecular weight is 237 g/mol. The lowest BCUT2D eigenvalue weighted by Crippen LogP contribution is -2.48. The Labute approximate surface area is 99.2 Å². The normalized spacial score (nSPS) is 20.4. The van der Waals surface area contributed by atoms with Crippen LogP contribution in [0.1, 0.15) is 5.56 Å². The number of hydrogen-bond acceptors (Lipinski definition) is 4. The molecule has 0 radical (unpaired) electrons. The molecule has 0 spiro atoms. The van der Waals surface area contributed by atoms with E-state index in [9.17, 15) is 4.79 Å². The molecule has 2 N–H and O–H groups in total. The van der Waals surface area contributed by atoms with E-state index in [1.54, 1.807) is 12.4 Å². The van der Waals surface area contributed by atoms with E-state index in [0.29, 0.717) is 6.54 Å². The van der Waals surface area contributed by atoms with Gasteiger partial charge in [-0.25, -0.2) is 0 Å². The van der Waals surface area contributed by atoms with E-state index in [1.165, 1.54) is 0 Å². The minimum absolute atomic E-state index is 0.0411. The van der Waals surface area contributed by atoms with E-state index in [1.807, 2.05) is 23.9 Å². The number of carbonyl (C=O) groups is 1. The third-order valence-electron chi connectivity index (χ3n) is 2.45. The Morgan fingerprint density at radius 2 is 2.38 bits per heavy atom. The van der Waals surface area contributed by atoms with E-state index in [2.05, 4.69) is 15.6 Å². The molecule has 1 aromatic heterocycles. The fraction of sp³-hybridized carbons (Fsp3) is 0.455. The highest BCUT2D eigenvalue weighted by atomic mass is 32.2. The molecule has 1 atom stereocenters. The maximum Gasteiger partial charge on any atom is 0.238 e. The molecule has 2 heterocycles. The van der Waals surface area contributed by atoms with Gasteiger partial charge in [0.05, 0.1) is 6.04 Å². The van der Waals surface area contributed by atoms with Crippen LogP contribution in [0.25, 0.3) is 0 Å². The van der Waals surface area contributed by atoms with Crippen LogP contribution >= 0.6 is 11.8 Å². The zero-order chi connectivity index (χ0) is 11.2. The van der Waals surface area contributed by atoms with Gasteiger partial charge in [-0.05, 0) is 17.7 Å². The first kappa shape index (κ1) is 11.4. The van der Waals surface area contributed by atoms with Crippen molar-refractivity contribution in [1.29, 1.82) is 0 Å². The molecule has 0 bridgehead atoms. The maximum absolute atomic E-state index is 11.8. The van der Waals surface area contributed by atoms with Crippen LogP contribution in [0.5, 0.6) is 0 Å². The summed E-state index contributed by atoms with van der Waals surface area (Å²) in [6.45, 7) is 1.49. The van der Waals surface area contributed by atoms with Gasteiger partial charge in [-0.2, -0.15) is 11.8 Å². The lowest BCUT2D eigenvalue weighted by atomic mass is 10.2. The molecular weight excluding hydrogens is 222 g/mol. The number of pyridine rings is 1. The number of thioether (sulfide) groups is 1. The summed E-state index contributed by atoms with van der Waals surface area (Å²) >= 11 is 1.82. The largest absolute Gasteiger partial charge is 0.351 e. The predicted octanol–water partition coefficient (Wildman–Crippen LogP) is 0.403. The van der Waals surface area contributed by atoms with Gasteiger partial charge in [0.25, 0.3) is 0 Å². The van der Waals surface area contributed by atoms with E-state index < -0.39 is 0 Å². The highest BCUT2D eigenvalue weighted by molar-refractivity contribution is 7.99. The summed E-state index contributed by atoms with van der Waals surface area (Å²) in [6, 6.07) is 3.77. The summed E-state index contributed by atoms with van der Waals surface area (Å²) in [5.41, 5.74) is 1.08. The van der Waals surface area contributed by atoms with Gasteiger partial charge in [-0.3, -0.25) is 9.78 Å². The van der Waals surface area contributed by atoms with Gasteiger partial charge in [-0.15, -0.1) is 0 Å². The Kier molecular flexibility index (Phi) is 4.18. The zero-order valence-electron chi connectivity index (χ0n) is 8.98. The molecule has 0 saturated carbocycles. The average Bonchev–Trinajstić information content (AvgIpc) is 2.38. The summed E-state index contributed by atoms with van der Waals surface area (Å²) in [6.07, 6.45) is 3.46. The monoisotopic (exact) mass is 237 g/mol. The minimum Gasteiger partial charge on any atom is -0.351 e. The van der Waals surface area contributed by atoms with Crippen molar-refractivity contribution in [2.24, 2.45) is 0 Å². The number of nitrogens with one attached hydrogen (secondary N) is 2. The van der Waals surface area contributed by atoms with E-state index in [-0.39, 0.29) is 11.9 Å². The molecule has 5 heteroatoms. The number of nitrogens with zero attached hydrogens (tertiary/aromatic N) is 1. The van der Waals surface area contributed by atoms with E-state index in [0.717, 1.165) is 23.6 Å². The second kappa shape index (κ2) is 5.86. The Morgan fingerprint density at radius 1 is 1.56 bits per heavy atom. The number of carbonyl (C=O) groups excluding carboxylic acids is 1. The third-order valence-corrected chi connectivity index (χ3v) is 3.52.